The highest BCUT2D eigenvalue weighted by molar-refractivity contribution is 6.02. The Labute approximate surface area is 92.9 Å². The largest absolute Gasteiger partial charge is 0.382 e. The van der Waals surface area contributed by atoms with Gasteiger partial charge in [0.25, 0.3) is 0 Å². The Balaban J connectivity index is 3.14. The van der Waals surface area contributed by atoms with Gasteiger partial charge in [0.2, 0.25) is 0 Å². The molecule has 0 aliphatic carbocycles. The zero-order valence-corrected chi connectivity index (χ0v) is 9.26. The van der Waals surface area contributed by atoms with Gasteiger partial charge in [-0.25, -0.2) is 8.78 Å². The summed E-state index contributed by atoms with van der Waals surface area (Å²) < 4.78 is 26.0. The van der Waals surface area contributed by atoms with Crippen molar-refractivity contribution < 1.29 is 18.7 Å². The molecule has 16 heavy (non-hydrogen) atoms. The Kier molecular flexibility index (Phi) is 3.75. The molecule has 0 bridgehead atoms. The molecule has 0 saturated carbocycles. The predicted octanol–water partition coefficient (Wildman–Crippen LogP) is 2.70. The summed E-state index contributed by atoms with van der Waals surface area (Å²) in [6.45, 7) is 3.28. The summed E-state index contributed by atoms with van der Waals surface area (Å²) >= 11 is 0. The van der Waals surface area contributed by atoms with Crippen LogP contribution < -0.4 is 0 Å². The van der Waals surface area contributed by atoms with E-state index in [2.05, 4.69) is 0 Å². The van der Waals surface area contributed by atoms with Crippen LogP contribution in [0, 0.1) is 11.6 Å². The Morgan fingerprint density at radius 2 is 1.88 bits per heavy atom. The number of benzene rings is 1. The van der Waals surface area contributed by atoms with Crippen molar-refractivity contribution in [3.8, 4) is 0 Å². The van der Waals surface area contributed by atoms with Crippen LogP contribution >= 0.6 is 0 Å². The summed E-state index contributed by atoms with van der Waals surface area (Å²) in [6, 6.07) is 2.70. The normalized spacial score (nSPS) is 11.6. The van der Waals surface area contributed by atoms with Gasteiger partial charge >= 0.3 is 0 Å². The lowest BCUT2D eigenvalue weighted by atomic mass is 9.88. The van der Waals surface area contributed by atoms with Gasteiger partial charge in [0.15, 0.2) is 5.78 Å². The lowest BCUT2D eigenvalue weighted by Gasteiger charge is -2.23. The van der Waals surface area contributed by atoms with Crippen LogP contribution in [-0.4, -0.2) is 16.5 Å². The maximum Gasteiger partial charge on any atom is 0.197 e. The standard InChI is InChI=1S/C12H14F2O2/c1-3-12(16,4-2)11(15)9-6-5-8(13)7-10(9)14/h5-7,16H,3-4H2,1-2H3. The molecule has 2 nitrogen and oxygen atoms in total. The zero-order chi connectivity index (χ0) is 12.3. The molecule has 0 spiro atoms. The van der Waals surface area contributed by atoms with Gasteiger partial charge < -0.3 is 5.11 Å². The van der Waals surface area contributed by atoms with Crippen molar-refractivity contribution >= 4 is 5.78 Å². The van der Waals surface area contributed by atoms with E-state index in [1.165, 1.54) is 0 Å². The molecule has 4 heteroatoms. The minimum absolute atomic E-state index is 0.194. The highest BCUT2D eigenvalue weighted by Gasteiger charge is 2.34. The summed E-state index contributed by atoms with van der Waals surface area (Å²) in [7, 11) is 0. The smallest absolute Gasteiger partial charge is 0.197 e. The number of aliphatic hydroxyl groups is 1. The maximum atomic E-state index is 13.3. The number of carbonyl (C=O) groups is 1. The van der Waals surface area contributed by atoms with E-state index in [0.29, 0.717) is 6.07 Å². The Morgan fingerprint density at radius 1 is 1.31 bits per heavy atom. The van der Waals surface area contributed by atoms with Crippen LogP contribution in [0.2, 0.25) is 0 Å². The summed E-state index contributed by atoms with van der Waals surface area (Å²) in [4.78, 5) is 11.8. The molecule has 0 fully saturated rings. The van der Waals surface area contributed by atoms with Gasteiger partial charge in [-0.1, -0.05) is 13.8 Å². The number of carbonyl (C=O) groups excluding carboxylic acids is 1. The lowest BCUT2D eigenvalue weighted by Crippen LogP contribution is -2.37. The molecular formula is C12H14F2O2. The summed E-state index contributed by atoms with van der Waals surface area (Å²) in [6.07, 6.45) is 0.387. The van der Waals surface area contributed by atoms with Crippen molar-refractivity contribution in [1.29, 1.82) is 0 Å². The van der Waals surface area contributed by atoms with Crippen LogP contribution in [-0.2, 0) is 0 Å². The Bertz CT molecular complexity index is 398. The highest BCUT2D eigenvalue weighted by Crippen LogP contribution is 2.23. The Morgan fingerprint density at radius 3 is 2.31 bits per heavy atom. The molecule has 88 valence electrons. The molecule has 0 unspecified atom stereocenters. The van der Waals surface area contributed by atoms with Gasteiger partial charge in [-0.05, 0) is 25.0 Å². The van der Waals surface area contributed by atoms with E-state index in [1.807, 2.05) is 0 Å². The minimum Gasteiger partial charge on any atom is -0.382 e. The minimum atomic E-state index is -1.57. The van der Waals surface area contributed by atoms with Crippen LogP contribution in [0.5, 0.6) is 0 Å². The first kappa shape index (κ1) is 12.8. The second-order valence-electron chi connectivity index (χ2n) is 3.69. The van der Waals surface area contributed by atoms with Crippen molar-refractivity contribution in [2.45, 2.75) is 32.3 Å². The van der Waals surface area contributed by atoms with Crippen molar-refractivity contribution in [2.24, 2.45) is 0 Å². The molecule has 0 aliphatic heterocycles. The van der Waals surface area contributed by atoms with Gasteiger partial charge in [-0.3, -0.25) is 4.79 Å². The highest BCUT2D eigenvalue weighted by atomic mass is 19.1. The third-order valence-corrected chi connectivity index (χ3v) is 2.77. The van der Waals surface area contributed by atoms with Crippen LogP contribution in [0.3, 0.4) is 0 Å². The average molecular weight is 228 g/mol. The third kappa shape index (κ3) is 2.27. The predicted molar refractivity (Wildman–Crippen MR) is 56.2 cm³/mol. The molecule has 1 aromatic rings. The first-order chi connectivity index (χ1) is 7.44. The molecule has 0 amide bonds. The van der Waals surface area contributed by atoms with E-state index in [9.17, 15) is 18.7 Å². The first-order valence-corrected chi connectivity index (χ1v) is 5.17. The van der Waals surface area contributed by atoms with Crippen molar-refractivity contribution in [2.75, 3.05) is 0 Å². The molecule has 0 atom stereocenters. The van der Waals surface area contributed by atoms with Crippen LogP contribution in [0.25, 0.3) is 0 Å². The molecule has 0 saturated heterocycles. The molecule has 1 rings (SSSR count). The van der Waals surface area contributed by atoms with Crippen LogP contribution in [0.1, 0.15) is 37.0 Å². The van der Waals surface area contributed by atoms with E-state index in [-0.39, 0.29) is 18.4 Å². The maximum absolute atomic E-state index is 13.3. The topological polar surface area (TPSA) is 37.3 Å². The van der Waals surface area contributed by atoms with Gasteiger partial charge in [0, 0.05) is 6.07 Å². The molecule has 1 N–H and O–H groups in total. The Hall–Kier alpha value is -1.29. The number of hydrogen-bond acceptors (Lipinski definition) is 2. The molecule has 0 heterocycles. The summed E-state index contributed by atoms with van der Waals surface area (Å²) in [5.41, 5.74) is -1.84. The van der Waals surface area contributed by atoms with Gasteiger partial charge in [0.1, 0.15) is 17.2 Å². The van der Waals surface area contributed by atoms with Crippen LogP contribution in [0.4, 0.5) is 8.78 Å². The second-order valence-corrected chi connectivity index (χ2v) is 3.69. The number of hydrogen-bond donors (Lipinski definition) is 1. The molecule has 0 radical (unpaired) electrons. The fourth-order valence-corrected chi connectivity index (χ4v) is 1.50. The van der Waals surface area contributed by atoms with Gasteiger partial charge in [-0.15, -0.1) is 0 Å². The van der Waals surface area contributed by atoms with E-state index in [1.54, 1.807) is 13.8 Å². The fraction of sp³-hybridized carbons (Fsp3) is 0.417. The third-order valence-electron chi connectivity index (χ3n) is 2.77. The van der Waals surface area contributed by atoms with Crippen molar-refractivity contribution in [3.05, 3.63) is 35.4 Å². The monoisotopic (exact) mass is 228 g/mol. The molecule has 0 aromatic heterocycles. The molecule has 1 aromatic carbocycles. The van der Waals surface area contributed by atoms with Gasteiger partial charge in [0.05, 0.1) is 5.56 Å². The zero-order valence-electron chi connectivity index (χ0n) is 9.26. The van der Waals surface area contributed by atoms with E-state index in [4.69, 9.17) is 0 Å². The van der Waals surface area contributed by atoms with Gasteiger partial charge in [-0.2, -0.15) is 0 Å². The SMILES string of the molecule is CCC(O)(CC)C(=O)c1ccc(F)cc1F. The average Bonchev–Trinajstić information content (AvgIpc) is 2.27. The van der Waals surface area contributed by atoms with Crippen LogP contribution in [0.15, 0.2) is 18.2 Å². The van der Waals surface area contributed by atoms with Crippen molar-refractivity contribution in [1.82, 2.24) is 0 Å². The second kappa shape index (κ2) is 4.70. The number of Topliss-reactive ketones (excluding diaryl/α,β-unsaturated/α-hetero) is 1. The number of halogens is 2. The molecule has 0 aliphatic rings. The van der Waals surface area contributed by atoms with E-state index in [0.717, 1.165) is 12.1 Å². The van der Waals surface area contributed by atoms with E-state index >= 15 is 0 Å². The summed E-state index contributed by atoms with van der Waals surface area (Å²) in [5.74, 6) is -2.38. The van der Waals surface area contributed by atoms with E-state index < -0.39 is 23.0 Å². The van der Waals surface area contributed by atoms with Crippen molar-refractivity contribution in [3.63, 3.8) is 0 Å². The number of ketones is 1. The number of rotatable bonds is 4. The quantitative estimate of drug-likeness (QED) is 0.804. The molecular weight excluding hydrogens is 214 g/mol. The first-order valence-electron chi connectivity index (χ1n) is 5.17. The summed E-state index contributed by atoms with van der Waals surface area (Å²) in [5, 5.41) is 9.93. The fourth-order valence-electron chi connectivity index (χ4n) is 1.50. The lowest BCUT2D eigenvalue weighted by molar-refractivity contribution is 0.0273.